The Hall–Kier alpha value is -1.30. The van der Waals surface area contributed by atoms with Crippen LogP contribution in [0.5, 0.6) is 0 Å². The number of hydrogen-bond donors (Lipinski definition) is 3. The van der Waals surface area contributed by atoms with Crippen molar-refractivity contribution in [2.45, 2.75) is 46.5 Å². The lowest BCUT2D eigenvalue weighted by Gasteiger charge is -2.19. The summed E-state index contributed by atoms with van der Waals surface area (Å²) in [5.74, 6) is -0.457. The highest BCUT2D eigenvalue weighted by Crippen LogP contribution is 2.08. The summed E-state index contributed by atoms with van der Waals surface area (Å²) in [6.07, 6.45) is 2.77. The van der Waals surface area contributed by atoms with Crippen molar-refractivity contribution in [2.24, 2.45) is 5.92 Å². The summed E-state index contributed by atoms with van der Waals surface area (Å²) in [4.78, 5) is 24.3. The minimum Gasteiger partial charge on any atom is -0.481 e. The molecule has 0 fully saturated rings. The van der Waals surface area contributed by atoms with Crippen LogP contribution in [0.2, 0.25) is 0 Å². The molecule has 6 heteroatoms. The minimum absolute atomic E-state index is 0.145. The average Bonchev–Trinajstić information content (AvgIpc) is 2.44. The molecule has 6 nitrogen and oxygen atoms in total. The molecule has 2 amide bonds. The highest BCUT2D eigenvalue weighted by molar-refractivity contribution is 5.73. The van der Waals surface area contributed by atoms with Crippen LogP contribution in [0.1, 0.15) is 46.5 Å². The number of nitrogens with zero attached hydrogens (tertiary/aromatic N) is 1. The first kappa shape index (κ1) is 19.7. The number of hydrogen-bond acceptors (Lipinski definition) is 3. The SMILES string of the molecule is CCCN(CC)CCNC(=O)NCCC(C)CCC(=O)O. The Morgan fingerprint density at radius 1 is 1.10 bits per heavy atom. The molecule has 0 heterocycles. The lowest BCUT2D eigenvalue weighted by atomic mass is 10.0. The van der Waals surface area contributed by atoms with Gasteiger partial charge in [0.05, 0.1) is 0 Å². The molecule has 0 saturated carbocycles. The van der Waals surface area contributed by atoms with Crippen molar-refractivity contribution in [3.8, 4) is 0 Å². The van der Waals surface area contributed by atoms with Crippen molar-refractivity contribution in [3.63, 3.8) is 0 Å². The van der Waals surface area contributed by atoms with Crippen LogP contribution in [0.15, 0.2) is 0 Å². The van der Waals surface area contributed by atoms with E-state index in [2.05, 4.69) is 29.4 Å². The number of urea groups is 1. The Kier molecular flexibility index (Phi) is 11.7. The van der Waals surface area contributed by atoms with Gasteiger partial charge < -0.3 is 20.6 Å². The first-order chi connectivity index (χ1) is 9.99. The smallest absolute Gasteiger partial charge is 0.314 e. The van der Waals surface area contributed by atoms with Gasteiger partial charge >= 0.3 is 12.0 Å². The largest absolute Gasteiger partial charge is 0.481 e. The number of aliphatic carboxylic acids is 1. The van der Waals surface area contributed by atoms with Gasteiger partial charge in [0, 0.05) is 26.1 Å². The molecule has 0 aromatic rings. The molecule has 0 aliphatic carbocycles. The van der Waals surface area contributed by atoms with Gasteiger partial charge in [-0.25, -0.2) is 4.79 Å². The number of carboxylic acid groups (broad SMARTS) is 1. The summed E-state index contributed by atoms with van der Waals surface area (Å²) in [7, 11) is 0. The van der Waals surface area contributed by atoms with E-state index in [9.17, 15) is 9.59 Å². The van der Waals surface area contributed by atoms with Crippen molar-refractivity contribution in [1.82, 2.24) is 15.5 Å². The summed E-state index contributed by atoms with van der Waals surface area (Å²) in [6, 6.07) is -0.145. The number of carbonyl (C=O) groups excluding carboxylic acids is 1. The molecular formula is C15H31N3O3. The Bertz CT molecular complexity index is 298. The zero-order valence-electron chi connectivity index (χ0n) is 13.7. The molecule has 0 radical (unpaired) electrons. The van der Waals surface area contributed by atoms with E-state index in [1.165, 1.54) is 0 Å². The molecule has 1 atom stereocenters. The van der Waals surface area contributed by atoms with E-state index in [0.29, 0.717) is 25.4 Å². The van der Waals surface area contributed by atoms with Crippen LogP contribution in [0.3, 0.4) is 0 Å². The van der Waals surface area contributed by atoms with Crippen LogP contribution < -0.4 is 10.6 Å². The molecule has 0 spiro atoms. The maximum atomic E-state index is 11.6. The summed E-state index contributed by atoms with van der Waals surface area (Å²) in [6.45, 7) is 10.4. The van der Waals surface area contributed by atoms with Gasteiger partial charge in [0.25, 0.3) is 0 Å². The first-order valence-electron chi connectivity index (χ1n) is 7.95. The van der Waals surface area contributed by atoms with Gasteiger partial charge in [0.1, 0.15) is 0 Å². The Balaban J connectivity index is 3.60. The summed E-state index contributed by atoms with van der Waals surface area (Å²) in [5, 5.41) is 14.2. The predicted octanol–water partition coefficient (Wildman–Crippen LogP) is 1.91. The van der Waals surface area contributed by atoms with E-state index in [4.69, 9.17) is 5.11 Å². The van der Waals surface area contributed by atoms with Crippen LogP contribution in [0, 0.1) is 5.92 Å². The Morgan fingerprint density at radius 2 is 1.76 bits per heavy atom. The fourth-order valence-electron chi connectivity index (χ4n) is 2.08. The maximum Gasteiger partial charge on any atom is 0.314 e. The van der Waals surface area contributed by atoms with Crippen LogP contribution in [0.4, 0.5) is 4.79 Å². The average molecular weight is 301 g/mol. The number of amides is 2. The lowest BCUT2D eigenvalue weighted by Crippen LogP contribution is -2.41. The summed E-state index contributed by atoms with van der Waals surface area (Å²) < 4.78 is 0. The third-order valence-corrected chi connectivity index (χ3v) is 3.47. The quantitative estimate of drug-likeness (QED) is 0.514. The second-order valence-corrected chi connectivity index (χ2v) is 5.44. The second-order valence-electron chi connectivity index (χ2n) is 5.44. The van der Waals surface area contributed by atoms with E-state index in [0.717, 1.165) is 32.5 Å². The van der Waals surface area contributed by atoms with Crippen molar-refractivity contribution < 1.29 is 14.7 Å². The van der Waals surface area contributed by atoms with Crippen molar-refractivity contribution in [2.75, 3.05) is 32.7 Å². The number of carbonyl (C=O) groups is 2. The third-order valence-electron chi connectivity index (χ3n) is 3.47. The predicted molar refractivity (Wildman–Crippen MR) is 84.5 cm³/mol. The molecule has 0 aliphatic rings. The molecule has 0 bridgehead atoms. The fourth-order valence-corrected chi connectivity index (χ4v) is 2.08. The molecule has 1 unspecified atom stereocenters. The zero-order valence-corrected chi connectivity index (χ0v) is 13.7. The van der Waals surface area contributed by atoms with Crippen LogP contribution in [-0.4, -0.2) is 54.7 Å². The number of likely N-dealkylation sites (N-methyl/N-ethyl adjacent to an activating group) is 1. The van der Waals surface area contributed by atoms with Gasteiger partial charge in [-0.1, -0.05) is 20.8 Å². The lowest BCUT2D eigenvalue weighted by molar-refractivity contribution is -0.137. The Labute approximate surface area is 128 Å². The van der Waals surface area contributed by atoms with Gasteiger partial charge in [0.2, 0.25) is 0 Å². The van der Waals surface area contributed by atoms with Crippen molar-refractivity contribution in [3.05, 3.63) is 0 Å². The molecular weight excluding hydrogens is 270 g/mol. The van der Waals surface area contributed by atoms with E-state index in [-0.39, 0.29) is 12.5 Å². The maximum absolute atomic E-state index is 11.6. The number of carboxylic acids is 1. The molecule has 0 aromatic carbocycles. The van der Waals surface area contributed by atoms with E-state index >= 15 is 0 Å². The number of rotatable bonds is 12. The fraction of sp³-hybridized carbons (Fsp3) is 0.867. The highest BCUT2D eigenvalue weighted by atomic mass is 16.4. The van der Waals surface area contributed by atoms with E-state index in [1.807, 2.05) is 6.92 Å². The monoisotopic (exact) mass is 301 g/mol. The molecule has 0 rings (SSSR count). The molecule has 0 saturated heterocycles. The number of nitrogens with one attached hydrogen (secondary N) is 2. The molecule has 0 aromatic heterocycles. The van der Waals surface area contributed by atoms with Gasteiger partial charge in [-0.15, -0.1) is 0 Å². The normalized spacial score (nSPS) is 12.2. The molecule has 0 aliphatic heterocycles. The van der Waals surface area contributed by atoms with E-state index < -0.39 is 5.97 Å². The summed E-state index contributed by atoms with van der Waals surface area (Å²) >= 11 is 0. The van der Waals surface area contributed by atoms with Gasteiger partial charge in [-0.05, 0) is 38.3 Å². The minimum atomic E-state index is -0.764. The molecule has 21 heavy (non-hydrogen) atoms. The van der Waals surface area contributed by atoms with Crippen molar-refractivity contribution >= 4 is 12.0 Å². The molecule has 3 N–H and O–H groups in total. The third kappa shape index (κ3) is 12.2. The van der Waals surface area contributed by atoms with Gasteiger partial charge in [-0.3, -0.25) is 4.79 Å². The van der Waals surface area contributed by atoms with Gasteiger partial charge in [0.15, 0.2) is 0 Å². The standard InChI is InChI=1S/C15H31N3O3/c1-4-11-18(5-2)12-10-17-15(21)16-9-8-13(3)6-7-14(19)20/h13H,4-12H2,1-3H3,(H,19,20)(H2,16,17,21). The van der Waals surface area contributed by atoms with Crippen LogP contribution in [0.25, 0.3) is 0 Å². The zero-order chi connectivity index (χ0) is 16.1. The second kappa shape index (κ2) is 12.4. The van der Waals surface area contributed by atoms with Crippen LogP contribution >= 0.6 is 0 Å². The van der Waals surface area contributed by atoms with Crippen molar-refractivity contribution in [1.29, 1.82) is 0 Å². The molecule has 124 valence electrons. The topological polar surface area (TPSA) is 81.7 Å². The van der Waals surface area contributed by atoms with Gasteiger partial charge in [-0.2, -0.15) is 0 Å². The van der Waals surface area contributed by atoms with Crippen LogP contribution in [-0.2, 0) is 4.79 Å². The highest BCUT2D eigenvalue weighted by Gasteiger charge is 2.07. The first-order valence-corrected chi connectivity index (χ1v) is 7.95. The Morgan fingerprint density at radius 3 is 2.33 bits per heavy atom. The van der Waals surface area contributed by atoms with E-state index in [1.54, 1.807) is 0 Å². The summed E-state index contributed by atoms with van der Waals surface area (Å²) in [5.41, 5.74) is 0.